The van der Waals surface area contributed by atoms with Crippen molar-refractivity contribution >= 4 is 5.96 Å². The highest BCUT2D eigenvalue weighted by molar-refractivity contribution is 5.79. The van der Waals surface area contributed by atoms with E-state index in [1.54, 1.807) is 0 Å². The van der Waals surface area contributed by atoms with Gasteiger partial charge in [-0.1, -0.05) is 26.7 Å². The Morgan fingerprint density at radius 2 is 1.91 bits per heavy atom. The first-order chi connectivity index (χ1) is 10.5. The minimum absolute atomic E-state index is 0.264. The molecular weight excluding hydrogens is 276 g/mol. The lowest BCUT2D eigenvalue weighted by Gasteiger charge is -2.25. The summed E-state index contributed by atoms with van der Waals surface area (Å²) in [5.74, 6) is 1.56. The summed E-state index contributed by atoms with van der Waals surface area (Å²) < 4.78 is 1.84. The predicted molar refractivity (Wildman–Crippen MR) is 93.1 cm³/mol. The van der Waals surface area contributed by atoms with Crippen LogP contribution < -0.4 is 10.6 Å². The molecule has 6 heteroatoms. The highest BCUT2D eigenvalue weighted by Crippen LogP contribution is 2.16. The number of aryl methyl sites for hydroxylation is 1. The number of hydrogen-bond acceptors (Lipinski definition) is 3. The number of guanidine groups is 1. The van der Waals surface area contributed by atoms with Gasteiger partial charge in [0.2, 0.25) is 0 Å². The van der Waals surface area contributed by atoms with E-state index < -0.39 is 0 Å². The number of hydrogen-bond donors (Lipinski definition) is 2. The van der Waals surface area contributed by atoms with Crippen LogP contribution in [0.4, 0.5) is 0 Å². The van der Waals surface area contributed by atoms with Gasteiger partial charge in [0.25, 0.3) is 0 Å². The lowest BCUT2D eigenvalue weighted by molar-refractivity contribution is 0.298. The molecular formula is C16H32N6. The molecule has 1 heterocycles. The van der Waals surface area contributed by atoms with Crippen LogP contribution in [0.2, 0.25) is 0 Å². The van der Waals surface area contributed by atoms with Gasteiger partial charge in [0.15, 0.2) is 5.96 Å². The van der Waals surface area contributed by atoms with E-state index in [1.807, 2.05) is 25.0 Å². The van der Waals surface area contributed by atoms with Crippen molar-refractivity contribution in [3.63, 3.8) is 0 Å². The summed E-state index contributed by atoms with van der Waals surface area (Å²) in [5, 5.41) is 11.1. The van der Waals surface area contributed by atoms with E-state index in [-0.39, 0.29) is 6.04 Å². The monoisotopic (exact) mass is 308 g/mol. The molecule has 1 rings (SSSR count). The van der Waals surface area contributed by atoms with Gasteiger partial charge in [-0.3, -0.25) is 9.67 Å². The molecule has 1 aromatic heterocycles. The molecule has 6 nitrogen and oxygen atoms in total. The highest BCUT2D eigenvalue weighted by atomic mass is 15.3. The summed E-state index contributed by atoms with van der Waals surface area (Å²) in [4.78, 5) is 6.51. The van der Waals surface area contributed by atoms with Gasteiger partial charge < -0.3 is 15.5 Å². The third kappa shape index (κ3) is 5.67. The minimum Gasteiger partial charge on any atom is -0.356 e. The summed E-state index contributed by atoms with van der Waals surface area (Å²) in [5.41, 5.74) is 1.20. The van der Waals surface area contributed by atoms with Gasteiger partial charge in [0.05, 0.1) is 12.2 Å². The van der Waals surface area contributed by atoms with Crippen LogP contribution in [0.15, 0.2) is 17.4 Å². The van der Waals surface area contributed by atoms with Crippen LogP contribution in [0.3, 0.4) is 0 Å². The van der Waals surface area contributed by atoms with Crippen molar-refractivity contribution in [1.82, 2.24) is 25.3 Å². The Bertz CT molecular complexity index is 447. The van der Waals surface area contributed by atoms with Crippen LogP contribution in [0.25, 0.3) is 0 Å². The Hall–Kier alpha value is -1.56. The maximum atomic E-state index is 4.31. The molecule has 0 aliphatic carbocycles. The van der Waals surface area contributed by atoms with E-state index in [2.05, 4.69) is 59.8 Å². The van der Waals surface area contributed by atoms with Crippen LogP contribution in [0, 0.1) is 5.92 Å². The maximum Gasteiger partial charge on any atom is 0.191 e. The molecule has 0 spiro atoms. The van der Waals surface area contributed by atoms with Gasteiger partial charge in [-0.2, -0.15) is 5.10 Å². The fourth-order valence-corrected chi connectivity index (χ4v) is 2.44. The largest absolute Gasteiger partial charge is 0.356 e. The molecule has 1 unspecified atom stereocenters. The van der Waals surface area contributed by atoms with Gasteiger partial charge >= 0.3 is 0 Å². The van der Waals surface area contributed by atoms with E-state index in [1.165, 1.54) is 18.4 Å². The summed E-state index contributed by atoms with van der Waals surface area (Å²) in [6.45, 7) is 6.22. The lowest BCUT2D eigenvalue weighted by atomic mass is 10.0. The molecule has 0 radical (unpaired) electrons. The molecule has 2 N–H and O–H groups in total. The Balaban J connectivity index is 2.56. The number of nitrogens with zero attached hydrogens (tertiary/aromatic N) is 4. The molecule has 0 aliphatic rings. The zero-order chi connectivity index (χ0) is 16.5. The summed E-state index contributed by atoms with van der Waals surface area (Å²) >= 11 is 0. The van der Waals surface area contributed by atoms with Crippen molar-refractivity contribution in [2.24, 2.45) is 18.0 Å². The Morgan fingerprint density at radius 3 is 2.36 bits per heavy atom. The molecule has 0 aliphatic heterocycles. The first kappa shape index (κ1) is 18.5. The van der Waals surface area contributed by atoms with Crippen molar-refractivity contribution in [1.29, 1.82) is 0 Å². The number of aliphatic imine (C=N–C) groups is 1. The zero-order valence-corrected chi connectivity index (χ0v) is 14.9. The van der Waals surface area contributed by atoms with Crippen LogP contribution in [-0.2, 0) is 7.05 Å². The number of nitrogens with one attached hydrogen (secondary N) is 2. The fraction of sp³-hybridized carbons (Fsp3) is 0.750. The Morgan fingerprint density at radius 1 is 1.27 bits per heavy atom. The molecule has 0 saturated heterocycles. The van der Waals surface area contributed by atoms with Crippen molar-refractivity contribution in [3.8, 4) is 0 Å². The highest BCUT2D eigenvalue weighted by Gasteiger charge is 2.16. The van der Waals surface area contributed by atoms with Gasteiger partial charge in [-0.05, 0) is 20.0 Å². The van der Waals surface area contributed by atoms with Gasteiger partial charge in [-0.25, -0.2) is 0 Å². The lowest BCUT2D eigenvalue weighted by Crippen LogP contribution is -2.43. The van der Waals surface area contributed by atoms with Crippen molar-refractivity contribution in [2.75, 3.05) is 34.2 Å². The molecule has 0 fully saturated rings. The molecule has 1 atom stereocenters. The normalized spacial score (nSPS) is 13.7. The smallest absolute Gasteiger partial charge is 0.191 e. The molecule has 0 bridgehead atoms. The fourth-order valence-electron chi connectivity index (χ4n) is 2.44. The molecule has 1 aromatic rings. The van der Waals surface area contributed by atoms with Crippen molar-refractivity contribution < 1.29 is 0 Å². The van der Waals surface area contributed by atoms with Crippen molar-refractivity contribution in [2.45, 2.75) is 32.7 Å². The molecule has 0 amide bonds. The third-order valence-corrected chi connectivity index (χ3v) is 4.13. The molecule has 22 heavy (non-hydrogen) atoms. The van der Waals surface area contributed by atoms with Gasteiger partial charge in [-0.15, -0.1) is 0 Å². The molecule has 0 saturated carbocycles. The maximum absolute atomic E-state index is 4.31. The second-order valence-electron chi connectivity index (χ2n) is 5.94. The van der Waals surface area contributed by atoms with Crippen LogP contribution in [-0.4, -0.2) is 54.9 Å². The predicted octanol–water partition coefficient (Wildman–Crippen LogP) is 1.62. The Kier molecular flexibility index (Phi) is 7.95. The van der Waals surface area contributed by atoms with Crippen LogP contribution >= 0.6 is 0 Å². The standard InChI is InChI=1S/C16H32N6/c1-7-13(8-2)9-18-16(17-3)19-11-15(21(4)5)14-10-20-22(6)12-14/h10,12-13,15H,7-9,11H2,1-6H3,(H2,17,18,19). The summed E-state index contributed by atoms with van der Waals surface area (Å²) in [6, 6.07) is 0.264. The van der Waals surface area contributed by atoms with E-state index >= 15 is 0 Å². The zero-order valence-electron chi connectivity index (χ0n) is 14.9. The average molecular weight is 308 g/mol. The van der Waals surface area contributed by atoms with Crippen LogP contribution in [0.5, 0.6) is 0 Å². The summed E-state index contributed by atoms with van der Waals surface area (Å²) in [7, 11) is 7.93. The van der Waals surface area contributed by atoms with Crippen LogP contribution in [0.1, 0.15) is 38.3 Å². The van der Waals surface area contributed by atoms with Gasteiger partial charge in [0.1, 0.15) is 0 Å². The van der Waals surface area contributed by atoms with Crippen molar-refractivity contribution in [3.05, 3.63) is 18.0 Å². The molecule has 0 aromatic carbocycles. The molecule has 126 valence electrons. The second-order valence-corrected chi connectivity index (χ2v) is 5.94. The van der Waals surface area contributed by atoms with E-state index in [9.17, 15) is 0 Å². The topological polar surface area (TPSA) is 57.5 Å². The summed E-state index contributed by atoms with van der Waals surface area (Å²) in [6.07, 6.45) is 6.37. The first-order valence-electron chi connectivity index (χ1n) is 8.11. The SMILES string of the molecule is CCC(CC)CNC(=NC)NCC(c1cnn(C)c1)N(C)C. The number of rotatable bonds is 8. The average Bonchev–Trinajstić information content (AvgIpc) is 2.92. The minimum atomic E-state index is 0.264. The second kappa shape index (κ2) is 9.46. The first-order valence-corrected chi connectivity index (χ1v) is 8.11. The van der Waals surface area contributed by atoms with E-state index in [4.69, 9.17) is 0 Å². The number of aromatic nitrogens is 2. The van der Waals surface area contributed by atoms with E-state index in [0.29, 0.717) is 5.92 Å². The quantitative estimate of drug-likeness (QED) is 0.566. The number of likely N-dealkylation sites (N-methyl/N-ethyl adjacent to an activating group) is 1. The van der Waals surface area contributed by atoms with Gasteiger partial charge in [0, 0.05) is 38.9 Å². The third-order valence-electron chi connectivity index (χ3n) is 4.13. The van der Waals surface area contributed by atoms with E-state index in [0.717, 1.165) is 19.0 Å². The Labute approximate surface area is 135 Å².